The first-order valence-corrected chi connectivity index (χ1v) is 10.6. The first-order valence-electron chi connectivity index (χ1n) is 10.2. The number of benzene rings is 3. The van der Waals surface area contributed by atoms with Crippen molar-refractivity contribution in [3.05, 3.63) is 82.4 Å². The van der Waals surface area contributed by atoms with E-state index >= 15 is 0 Å². The largest absolute Gasteiger partial charge is 0.493 e. The molecule has 0 atom stereocenters. The van der Waals surface area contributed by atoms with E-state index in [1.807, 2.05) is 0 Å². The van der Waals surface area contributed by atoms with Gasteiger partial charge in [0.15, 0.2) is 18.1 Å². The third kappa shape index (κ3) is 5.58. The average molecular weight is 503 g/mol. The molecule has 0 radical (unpaired) electrons. The van der Waals surface area contributed by atoms with Gasteiger partial charge in [0.25, 0.3) is 11.8 Å². The molecule has 0 spiro atoms. The van der Waals surface area contributed by atoms with Gasteiger partial charge < -0.3 is 20.1 Å². The molecule has 3 aromatic carbocycles. The summed E-state index contributed by atoms with van der Waals surface area (Å²) >= 11 is 5.98. The zero-order valence-corrected chi connectivity index (χ0v) is 19.0. The summed E-state index contributed by atoms with van der Waals surface area (Å²) in [4.78, 5) is 24.6. The Labute approximate surface area is 203 Å². The van der Waals surface area contributed by atoms with E-state index < -0.39 is 24.3 Å². The minimum atomic E-state index is -4.52. The molecule has 2 N–H and O–H groups in total. The Morgan fingerprint density at radius 1 is 1.09 bits per heavy atom. The van der Waals surface area contributed by atoms with Gasteiger partial charge in [0.2, 0.25) is 0 Å². The van der Waals surface area contributed by atoms with Crippen LogP contribution in [0.2, 0.25) is 5.02 Å². The number of methoxy groups -OCH3 is 1. The highest BCUT2D eigenvalue weighted by Crippen LogP contribution is 2.36. The van der Waals surface area contributed by atoms with Crippen molar-refractivity contribution in [3.63, 3.8) is 0 Å². The molecule has 0 fully saturated rings. The Bertz CT molecular complexity index is 1340. The quantitative estimate of drug-likeness (QED) is 0.413. The summed E-state index contributed by atoms with van der Waals surface area (Å²) in [7, 11) is 1.42. The monoisotopic (exact) mass is 502 g/mol. The Hall–Kier alpha value is -3.98. The highest BCUT2D eigenvalue weighted by atomic mass is 35.5. The normalized spacial score (nSPS) is 13.9. The second-order valence-electron chi connectivity index (χ2n) is 7.53. The molecule has 10 heteroatoms. The smallest absolute Gasteiger partial charge is 0.416 e. The van der Waals surface area contributed by atoms with Crippen molar-refractivity contribution in [2.24, 2.45) is 0 Å². The highest BCUT2D eigenvalue weighted by molar-refractivity contribution is 6.36. The van der Waals surface area contributed by atoms with Gasteiger partial charge in [-0.1, -0.05) is 29.8 Å². The summed E-state index contributed by atoms with van der Waals surface area (Å²) in [6.07, 6.45) is -2.84. The Morgan fingerprint density at radius 2 is 1.89 bits per heavy atom. The Morgan fingerprint density at radius 3 is 2.63 bits per heavy atom. The van der Waals surface area contributed by atoms with Crippen LogP contribution in [0.1, 0.15) is 16.7 Å². The lowest BCUT2D eigenvalue weighted by Gasteiger charge is -2.12. The number of halogens is 4. The summed E-state index contributed by atoms with van der Waals surface area (Å²) in [5, 5.41) is 5.64. The molecule has 0 unspecified atom stereocenters. The molecule has 0 aliphatic carbocycles. The maximum absolute atomic E-state index is 12.8. The van der Waals surface area contributed by atoms with Crippen molar-refractivity contribution in [2.45, 2.75) is 6.18 Å². The van der Waals surface area contributed by atoms with E-state index in [0.717, 1.165) is 12.1 Å². The highest BCUT2D eigenvalue weighted by Gasteiger charge is 2.30. The molecule has 180 valence electrons. The standard InChI is InChI=1S/C25H18ClF3N2O4/c1-34-22-10-14(9-19-18-7-6-16(26)12-20(18)31-24(19)33)5-8-21(22)35-13-23(32)30-17-4-2-3-15(11-17)25(27,28)29/h2-12H,13H2,1H3,(H,30,32)(H,31,33)/b19-9+. The molecule has 3 aromatic rings. The van der Waals surface area contributed by atoms with Crippen LogP contribution in [0.4, 0.5) is 24.5 Å². The molecule has 1 aliphatic rings. The second kappa shape index (κ2) is 9.71. The van der Waals surface area contributed by atoms with Crippen LogP contribution in [0.5, 0.6) is 11.5 Å². The summed E-state index contributed by atoms with van der Waals surface area (Å²) < 4.78 is 49.4. The van der Waals surface area contributed by atoms with Crippen LogP contribution in [0.25, 0.3) is 11.6 Å². The molecule has 35 heavy (non-hydrogen) atoms. The van der Waals surface area contributed by atoms with Gasteiger partial charge in [-0.3, -0.25) is 9.59 Å². The Balaban J connectivity index is 1.46. The first-order chi connectivity index (χ1) is 16.6. The van der Waals surface area contributed by atoms with Gasteiger partial charge in [-0.15, -0.1) is 0 Å². The van der Waals surface area contributed by atoms with Crippen LogP contribution < -0.4 is 20.1 Å². The number of fused-ring (bicyclic) bond motifs is 1. The molecule has 0 aromatic heterocycles. The summed E-state index contributed by atoms with van der Waals surface area (Å²) in [6, 6.07) is 14.3. The van der Waals surface area contributed by atoms with Crippen LogP contribution in [-0.2, 0) is 15.8 Å². The zero-order valence-electron chi connectivity index (χ0n) is 18.2. The molecule has 1 aliphatic heterocycles. The van der Waals surface area contributed by atoms with Crippen LogP contribution in [0, 0.1) is 0 Å². The number of nitrogens with one attached hydrogen (secondary N) is 2. The number of carbonyl (C=O) groups is 2. The number of carbonyl (C=O) groups excluding carboxylic acids is 2. The van der Waals surface area contributed by atoms with Gasteiger partial charge in [0.1, 0.15) is 0 Å². The number of alkyl halides is 3. The number of hydrogen-bond acceptors (Lipinski definition) is 4. The molecular weight excluding hydrogens is 485 g/mol. The van der Waals surface area contributed by atoms with E-state index in [1.165, 1.54) is 19.2 Å². The van der Waals surface area contributed by atoms with Gasteiger partial charge in [0, 0.05) is 21.8 Å². The van der Waals surface area contributed by atoms with Crippen molar-refractivity contribution >= 4 is 46.4 Å². The van der Waals surface area contributed by atoms with Gasteiger partial charge in [-0.2, -0.15) is 13.2 Å². The van der Waals surface area contributed by atoms with Crippen molar-refractivity contribution in [3.8, 4) is 11.5 Å². The van der Waals surface area contributed by atoms with Crippen molar-refractivity contribution in [1.82, 2.24) is 0 Å². The summed E-state index contributed by atoms with van der Waals surface area (Å²) in [5.41, 5.74) is 1.56. The average Bonchev–Trinajstić information content (AvgIpc) is 3.11. The number of amides is 2. The fourth-order valence-corrected chi connectivity index (χ4v) is 3.66. The van der Waals surface area contributed by atoms with Crippen molar-refractivity contribution < 1.29 is 32.2 Å². The van der Waals surface area contributed by atoms with E-state index in [4.69, 9.17) is 21.1 Å². The van der Waals surface area contributed by atoms with Crippen LogP contribution in [0.3, 0.4) is 0 Å². The minimum absolute atomic E-state index is 0.00114. The topological polar surface area (TPSA) is 76.7 Å². The Kier molecular flexibility index (Phi) is 6.70. The van der Waals surface area contributed by atoms with Crippen LogP contribution in [-0.4, -0.2) is 25.5 Å². The number of hydrogen-bond donors (Lipinski definition) is 2. The SMILES string of the molecule is COc1cc(/C=C2/C(=O)Nc3cc(Cl)ccc32)ccc1OCC(=O)Nc1cccc(C(F)(F)F)c1. The minimum Gasteiger partial charge on any atom is -0.493 e. The fourth-order valence-electron chi connectivity index (χ4n) is 3.48. The molecule has 2 amide bonds. The number of anilines is 2. The van der Waals surface area contributed by atoms with Crippen molar-refractivity contribution in [2.75, 3.05) is 24.4 Å². The maximum atomic E-state index is 12.8. The lowest BCUT2D eigenvalue weighted by Crippen LogP contribution is -2.20. The van der Waals surface area contributed by atoms with Gasteiger partial charge in [0.05, 0.1) is 18.4 Å². The van der Waals surface area contributed by atoms with E-state index in [-0.39, 0.29) is 17.3 Å². The number of rotatable bonds is 6. The first kappa shape index (κ1) is 24.2. The second-order valence-corrected chi connectivity index (χ2v) is 7.96. The molecule has 0 saturated carbocycles. The summed E-state index contributed by atoms with van der Waals surface area (Å²) in [6.45, 7) is -0.455. The van der Waals surface area contributed by atoms with Crippen LogP contribution >= 0.6 is 11.6 Å². The third-order valence-electron chi connectivity index (χ3n) is 5.10. The molecule has 4 rings (SSSR count). The fraction of sp³-hybridized carbons (Fsp3) is 0.120. The van der Waals surface area contributed by atoms with Gasteiger partial charge in [-0.25, -0.2) is 0 Å². The molecule has 1 heterocycles. The predicted octanol–water partition coefficient (Wildman–Crippen LogP) is 5.88. The molecular formula is C25H18ClF3N2O4. The van der Waals surface area contributed by atoms with Crippen molar-refractivity contribution in [1.29, 1.82) is 0 Å². The van der Waals surface area contributed by atoms with Gasteiger partial charge in [-0.05, 0) is 54.1 Å². The van der Waals surface area contributed by atoms with E-state index in [2.05, 4.69) is 10.6 Å². The molecule has 6 nitrogen and oxygen atoms in total. The third-order valence-corrected chi connectivity index (χ3v) is 5.33. The maximum Gasteiger partial charge on any atom is 0.416 e. The van der Waals surface area contributed by atoms with E-state index in [1.54, 1.807) is 42.5 Å². The van der Waals surface area contributed by atoms with Gasteiger partial charge >= 0.3 is 6.18 Å². The molecule has 0 bridgehead atoms. The van der Waals surface area contributed by atoms with E-state index in [9.17, 15) is 22.8 Å². The van der Waals surface area contributed by atoms with E-state index in [0.29, 0.717) is 33.2 Å². The molecule has 0 saturated heterocycles. The lowest BCUT2D eigenvalue weighted by atomic mass is 10.0. The predicted molar refractivity (Wildman–Crippen MR) is 127 cm³/mol. The van der Waals surface area contributed by atoms with Crippen LogP contribution in [0.15, 0.2) is 60.7 Å². The summed E-state index contributed by atoms with van der Waals surface area (Å²) in [5.74, 6) is -0.360. The zero-order chi connectivity index (χ0) is 25.2. The number of ether oxygens (including phenoxy) is 2. The lowest BCUT2D eigenvalue weighted by molar-refractivity contribution is -0.137.